The predicted octanol–water partition coefficient (Wildman–Crippen LogP) is 5.67. The Morgan fingerprint density at radius 1 is 0.762 bits per heavy atom. The molecule has 2 saturated heterocycles. The first-order valence-electron chi connectivity index (χ1n) is 15.1. The average Bonchev–Trinajstić information content (AvgIpc) is 3.41. The van der Waals surface area contributed by atoms with Crippen LogP contribution in [0.15, 0.2) is 97.1 Å². The number of carbonyl (C=O) groups is 2. The van der Waals surface area contributed by atoms with E-state index in [0.717, 1.165) is 71.0 Å². The molecule has 0 saturated carbocycles. The first-order chi connectivity index (χ1) is 20.7. The van der Waals surface area contributed by atoms with Crippen molar-refractivity contribution < 1.29 is 9.59 Å². The second kappa shape index (κ2) is 10.1. The summed E-state index contributed by atoms with van der Waals surface area (Å²) in [6.07, 6.45) is 2.32. The van der Waals surface area contributed by atoms with Gasteiger partial charge in [-0.3, -0.25) is 14.5 Å². The summed E-state index contributed by atoms with van der Waals surface area (Å²) in [7, 11) is 0. The average molecular weight is 555 g/mol. The van der Waals surface area contributed by atoms with E-state index >= 15 is 0 Å². The van der Waals surface area contributed by atoms with Gasteiger partial charge in [-0.1, -0.05) is 91.0 Å². The number of piperazine rings is 1. The molecule has 8 rings (SSSR count). The Bertz CT molecular complexity index is 1800. The molecule has 0 aliphatic carbocycles. The van der Waals surface area contributed by atoms with E-state index in [1.165, 1.54) is 5.56 Å². The summed E-state index contributed by atoms with van der Waals surface area (Å²) >= 11 is 0. The zero-order chi connectivity index (χ0) is 28.2. The number of nitrogens with one attached hydrogen (secondary N) is 1. The number of hydrogen-bond donors (Lipinski definition) is 1. The fourth-order valence-electron chi connectivity index (χ4n) is 7.64. The van der Waals surface area contributed by atoms with Gasteiger partial charge in [0.2, 0.25) is 11.8 Å². The molecule has 6 nitrogen and oxygen atoms in total. The quantitative estimate of drug-likeness (QED) is 0.311. The highest BCUT2D eigenvalue weighted by Gasteiger charge is 2.50. The number of benzene rings is 4. The van der Waals surface area contributed by atoms with Crippen molar-refractivity contribution in [3.63, 3.8) is 0 Å². The summed E-state index contributed by atoms with van der Waals surface area (Å²) in [5.41, 5.74) is 5.62. The van der Waals surface area contributed by atoms with Gasteiger partial charge in [0, 0.05) is 48.7 Å². The second-order valence-corrected chi connectivity index (χ2v) is 12.0. The molecule has 4 aromatic carbocycles. The zero-order valence-corrected chi connectivity index (χ0v) is 23.6. The summed E-state index contributed by atoms with van der Waals surface area (Å²) in [5.74, 6) is 0.130. The number of fused-ring (bicyclic) bond motifs is 5. The molecule has 1 unspecified atom stereocenters. The molecule has 2 amide bonds. The van der Waals surface area contributed by atoms with Gasteiger partial charge in [0.25, 0.3) is 0 Å². The maximum absolute atomic E-state index is 14.4. The topological polar surface area (TPSA) is 59.7 Å². The molecule has 0 spiro atoms. The molecule has 1 N–H and O–H groups in total. The van der Waals surface area contributed by atoms with Crippen LogP contribution in [-0.4, -0.2) is 63.2 Å². The monoisotopic (exact) mass is 554 g/mol. The van der Waals surface area contributed by atoms with Gasteiger partial charge in [0.1, 0.15) is 12.6 Å². The first kappa shape index (κ1) is 25.3. The molecule has 5 aromatic rings. The Labute approximate surface area is 245 Å². The molecule has 3 aliphatic heterocycles. The number of likely N-dealkylation sites (tertiary alicyclic amines) is 1. The minimum Gasteiger partial charge on any atom is -0.356 e. The van der Waals surface area contributed by atoms with Gasteiger partial charge < -0.3 is 14.8 Å². The van der Waals surface area contributed by atoms with Gasteiger partial charge >= 0.3 is 0 Å². The number of aromatic nitrogens is 1. The van der Waals surface area contributed by atoms with E-state index in [-0.39, 0.29) is 30.4 Å². The van der Waals surface area contributed by atoms with Gasteiger partial charge in [-0.25, -0.2) is 0 Å². The van der Waals surface area contributed by atoms with Gasteiger partial charge in [-0.2, -0.15) is 0 Å². The van der Waals surface area contributed by atoms with E-state index in [4.69, 9.17) is 0 Å². The van der Waals surface area contributed by atoms with Crippen molar-refractivity contribution in [2.24, 2.45) is 0 Å². The second-order valence-electron chi connectivity index (χ2n) is 12.0. The van der Waals surface area contributed by atoms with Crippen LogP contribution >= 0.6 is 0 Å². The molecule has 0 radical (unpaired) electrons. The molecular weight excluding hydrogens is 520 g/mol. The Morgan fingerprint density at radius 2 is 1.48 bits per heavy atom. The number of aromatic amines is 1. The van der Waals surface area contributed by atoms with E-state index in [0.29, 0.717) is 6.42 Å². The van der Waals surface area contributed by atoms with Crippen molar-refractivity contribution in [2.75, 3.05) is 19.6 Å². The Hall–Kier alpha value is -4.42. The number of amides is 2. The number of nitrogens with zero attached hydrogens (tertiary/aromatic N) is 3. The highest BCUT2D eigenvalue weighted by Crippen LogP contribution is 2.44. The SMILES string of the molecule is O=C1[C@@H]2Cc3c([nH]c4ccccc34)C(c3cccc4ccccc34)N2C(=O)CN1C1CCN(Cc2ccccc2)CC1. The summed E-state index contributed by atoms with van der Waals surface area (Å²) in [4.78, 5) is 38.5. The Kier molecular flexibility index (Phi) is 6.11. The van der Waals surface area contributed by atoms with Gasteiger partial charge in [-0.05, 0) is 46.4 Å². The standard InChI is InChI=1S/C36H34N4O2/c41-33-23-39(26-17-19-38(20-18-26)22-24-9-2-1-3-10-24)36(42)32-21-30-28-14-6-7-16-31(28)37-34(30)35(40(32)33)29-15-8-12-25-11-4-5-13-27(25)29/h1-16,26,32,35,37H,17-23H2/t32-,35?/m0/s1. The van der Waals surface area contributed by atoms with E-state index in [9.17, 15) is 9.59 Å². The van der Waals surface area contributed by atoms with Crippen LogP contribution in [0.2, 0.25) is 0 Å². The number of rotatable bonds is 4. The molecule has 2 fully saturated rings. The normalized spacial score (nSPS) is 21.6. The smallest absolute Gasteiger partial charge is 0.246 e. The Morgan fingerprint density at radius 3 is 2.31 bits per heavy atom. The van der Waals surface area contributed by atoms with Crippen molar-refractivity contribution in [1.82, 2.24) is 19.7 Å². The third-order valence-corrected chi connectivity index (χ3v) is 9.66. The highest BCUT2D eigenvalue weighted by molar-refractivity contribution is 5.98. The van der Waals surface area contributed by atoms with Crippen LogP contribution in [0.5, 0.6) is 0 Å². The minimum atomic E-state index is -0.510. The molecule has 6 heteroatoms. The van der Waals surface area contributed by atoms with Crippen LogP contribution in [0, 0.1) is 0 Å². The first-order valence-corrected chi connectivity index (χ1v) is 15.1. The van der Waals surface area contributed by atoms with Crippen molar-refractivity contribution >= 4 is 33.5 Å². The number of para-hydroxylation sites is 1. The highest BCUT2D eigenvalue weighted by atomic mass is 16.2. The number of piperidine rings is 1. The van der Waals surface area contributed by atoms with Crippen molar-refractivity contribution in [2.45, 2.75) is 43.9 Å². The summed E-state index contributed by atoms with van der Waals surface area (Å²) in [6, 6.07) is 32.7. The van der Waals surface area contributed by atoms with Crippen LogP contribution in [-0.2, 0) is 22.6 Å². The minimum absolute atomic E-state index is 0.0357. The molecule has 3 aliphatic rings. The third-order valence-electron chi connectivity index (χ3n) is 9.66. The van der Waals surface area contributed by atoms with Gasteiger partial charge in [0.05, 0.1) is 6.04 Å². The lowest BCUT2D eigenvalue weighted by Gasteiger charge is -2.50. The van der Waals surface area contributed by atoms with E-state index < -0.39 is 6.04 Å². The molecule has 42 heavy (non-hydrogen) atoms. The van der Waals surface area contributed by atoms with Crippen molar-refractivity contribution in [1.29, 1.82) is 0 Å². The molecule has 1 aromatic heterocycles. The zero-order valence-electron chi connectivity index (χ0n) is 23.6. The lowest BCUT2D eigenvalue weighted by molar-refractivity contribution is -0.161. The maximum Gasteiger partial charge on any atom is 0.246 e. The molecular formula is C36H34N4O2. The molecule has 2 atom stereocenters. The molecule has 4 heterocycles. The van der Waals surface area contributed by atoms with Crippen LogP contribution < -0.4 is 0 Å². The summed E-state index contributed by atoms with van der Waals surface area (Å²) < 4.78 is 0. The van der Waals surface area contributed by atoms with E-state index in [1.807, 2.05) is 34.1 Å². The van der Waals surface area contributed by atoms with E-state index in [1.54, 1.807) is 0 Å². The largest absolute Gasteiger partial charge is 0.356 e. The lowest BCUT2D eigenvalue weighted by Crippen LogP contribution is -2.65. The number of H-pyrrole nitrogens is 1. The summed E-state index contributed by atoms with van der Waals surface area (Å²) in [6.45, 7) is 2.93. The fraction of sp³-hybridized carbons (Fsp3) is 0.278. The van der Waals surface area contributed by atoms with Crippen LogP contribution in [0.1, 0.15) is 41.3 Å². The Balaban J connectivity index is 1.14. The number of hydrogen-bond acceptors (Lipinski definition) is 3. The molecule has 0 bridgehead atoms. The van der Waals surface area contributed by atoms with Gasteiger partial charge in [-0.15, -0.1) is 0 Å². The van der Waals surface area contributed by atoms with E-state index in [2.05, 4.69) is 82.7 Å². The van der Waals surface area contributed by atoms with Crippen molar-refractivity contribution in [3.8, 4) is 0 Å². The lowest BCUT2D eigenvalue weighted by atomic mass is 9.84. The third kappa shape index (κ3) is 4.12. The van der Waals surface area contributed by atoms with Crippen LogP contribution in [0.4, 0.5) is 0 Å². The van der Waals surface area contributed by atoms with Crippen LogP contribution in [0.25, 0.3) is 21.7 Å². The summed E-state index contributed by atoms with van der Waals surface area (Å²) in [5, 5.41) is 3.39. The molecule has 210 valence electrons. The van der Waals surface area contributed by atoms with Gasteiger partial charge in [0.15, 0.2) is 0 Å². The number of carbonyl (C=O) groups excluding carboxylic acids is 2. The van der Waals surface area contributed by atoms with Crippen LogP contribution in [0.3, 0.4) is 0 Å². The van der Waals surface area contributed by atoms with Crippen molar-refractivity contribution in [3.05, 3.63) is 119 Å². The fourth-order valence-corrected chi connectivity index (χ4v) is 7.64. The predicted molar refractivity (Wildman–Crippen MR) is 165 cm³/mol. The maximum atomic E-state index is 14.4.